The van der Waals surface area contributed by atoms with Crippen LogP contribution in [-0.4, -0.2) is 186 Å². The van der Waals surface area contributed by atoms with Gasteiger partial charge in [-0.15, -0.1) is 0 Å². The molecule has 14 heterocycles. The lowest BCUT2D eigenvalue weighted by Gasteiger charge is -2.14. The van der Waals surface area contributed by atoms with E-state index in [0.717, 1.165) is 32.1 Å². The van der Waals surface area contributed by atoms with Crippen molar-refractivity contribution in [1.29, 1.82) is 0 Å². The predicted octanol–water partition coefficient (Wildman–Crippen LogP) is 6.38. The molecule has 12 aromatic rings. The number of aromatic nitrogens is 10. The molecule has 0 aliphatic carbocycles. The van der Waals surface area contributed by atoms with Crippen LogP contribution in [-0.2, 0) is 9.59 Å². The molecular formula is C99H86N28O19. The SMILES string of the molecule is CC(C)COc1ccccc1-c1nc2c(c(=O)[nH]1)=NC(=O)N=2.CC(C)COc1ccccc1C1=NC(=O)C2=NC=NC2=N1.CCCCOc1ccccc1-c1nc2c(c(=O)[nH]1)=NC(=O)N=2.CCCCOc1ccccc1C1=NC(=O)C2=NC=NC2=N1.CCCOc1ccccc1-c1nc2c(c(=O)[nH]1)=NC(=O)N=2.CCOc1ccccc1-c1nc2c(c(=O)[nH]1)=NC(=O)N=2.COc1ccccc1-c1nc2c(c(=O)[nH]1)=NC(=O)N=2. The molecule has 0 fully saturated rings. The summed E-state index contributed by atoms with van der Waals surface area (Å²) in [5.74, 6) is 7.02. The molecule has 0 saturated carbocycles. The number of aliphatic imine (C=N–C) groups is 8. The summed E-state index contributed by atoms with van der Waals surface area (Å²) in [6.07, 6.45) is 7.47. The van der Waals surface area contributed by atoms with Crippen molar-refractivity contribution in [3.8, 4) is 97.2 Å². The molecule has 47 nitrogen and oxygen atoms in total. The number of H-pyrrole nitrogens is 5. The highest BCUT2D eigenvalue weighted by Crippen LogP contribution is 2.32. The smallest absolute Gasteiger partial charge is 0.370 e. The van der Waals surface area contributed by atoms with E-state index in [1.54, 1.807) is 72.8 Å². The van der Waals surface area contributed by atoms with Crippen molar-refractivity contribution in [3.63, 3.8) is 0 Å². The van der Waals surface area contributed by atoms with Crippen LogP contribution >= 0.6 is 0 Å². The number of rotatable bonds is 27. The standard InChI is InChI=1S/2C15H14N4O3.2C15H14N4O2.C14H12N4O3.C13H10N4O3.C12H8N4O3/c1-8(2)7-22-10-6-4-3-5-9(10)12-17-13-11(14(20)18-12)16-15(21)19-13;1-2-3-8-22-10-7-5-4-6-9(10)12-17-13-11(14(20)18-12)16-15(21)19-13;1-9(2)7-21-11-6-4-3-5-10(11)13-18-14-12(15(20)19-13)16-8-17-14;1-2-3-8-21-11-7-5-4-6-10(11)13-18-14-12(15(20)19-13)16-9-17-14;1-2-7-21-9-6-4-3-5-8(9)11-16-12-10(13(19)17-11)15-14(20)18-12;1-2-20-8-6-4-3-5-7(8)10-15-11-9(12(18)16-10)14-13(19)17-11;1-19-7-5-3-2-4-6(7)9-14-10-8(11(17)15-9)13-12(18)16-10/h3-6,8H,7H2,1-2H3,(H,17,18,19,20,21);4-7H,2-3,8H2,1H3,(H,17,18,19,20,21);3-6,8-9H,7H2,1-2H3;4-7,9H,2-3,8H2,1H3;3-6H,2,7H2,1H3,(H,16,17,18,19,20);3-6H,2H2,1H3,(H,15,16,17,18,19);2-5H,1H3,(H,14,15,16,17,18). The van der Waals surface area contributed by atoms with E-state index in [1.807, 2.05) is 125 Å². The number of hydrogen-bond donors (Lipinski definition) is 5. The Morgan fingerprint density at radius 1 is 0.267 bits per heavy atom. The van der Waals surface area contributed by atoms with E-state index in [0.29, 0.717) is 177 Å². The van der Waals surface area contributed by atoms with E-state index in [-0.39, 0.29) is 71.5 Å². The van der Waals surface area contributed by atoms with Crippen molar-refractivity contribution < 1.29 is 66.7 Å². The predicted molar refractivity (Wildman–Crippen MR) is 528 cm³/mol. The molecule has 146 heavy (non-hydrogen) atoms. The number of amidine groups is 4. The summed E-state index contributed by atoms with van der Waals surface area (Å²) in [5.41, 5.74) is 2.67. The van der Waals surface area contributed by atoms with Crippen molar-refractivity contribution in [2.24, 2.45) is 102 Å². The molecule has 5 aromatic heterocycles. The molecule has 0 atom stereocenters. The van der Waals surface area contributed by atoms with Crippen molar-refractivity contribution in [1.82, 2.24) is 49.8 Å². The van der Waals surface area contributed by atoms with Crippen molar-refractivity contribution in [2.75, 3.05) is 46.8 Å². The number of nitrogens with zero attached hydrogens (tertiary/aromatic N) is 23. The molecule has 0 unspecified atom stereocenters. The molecule has 0 radical (unpaired) electrons. The topological polar surface area (TPSA) is 635 Å². The Hall–Kier alpha value is -19.4. The summed E-state index contributed by atoms with van der Waals surface area (Å²) in [7, 11) is 1.52. The molecule has 47 heteroatoms. The summed E-state index contributed by atoms with van der Waals surface area (Å²) in [6.45, 7) is 19.7. The molecule has 12 amide bonds. The number of benzene rings is 7. The highest BCUT2D eigenvalue weighted by Gasteiger charge is 2.31. The van der Waals surface area contributed by atoms with Crippen molar-refractivity contribution >= 4 is 89.4 Å². The summed E-state index contributed by atoms with van der Waals surface area (Å²) < 4.78 is 39.3. The Labute approximate surface area is 822 Å². The minimum absolute atomic E-state index is 0.0367. The van der Waals surface area contributed by atoms with Crippen molar-refractivity contribution in [2.45, 2.75) is 87.5 Å². The van der Waals surface area contributed by atoms with Gasteiger partial charge >= 0.3 is 42.0 Å². The average Bonchev–Trinajstić information content (AvgIpc) is 1.64. The zero-order valence-electron chi connectivity index (χ0n) is 79.3. The van der Waals surface area contributed by atoms with Crippen LogP contribution in [0.3, 0.4) is 0 Å². The number of fused-ring (bicyclic) bond motifs is 7. The van der Waals surface area contributed by atoms with Gasteiger partial charge in [0.05, 0.1) is 85.7 Å². The van der Waals surface area contributed by atoms with Crippen LogP contribution in [0.1, 0.15) is 98.6 Å². The first-order valence-corrected chi connectivity index (χ1v) is 45.4. The summed E-state index contributed by atoms with van der Waals surface area (Å²) in [5, 5.41) is -0.237. The maximum atomic E-state index is 12.0. The Kier molecular flexibility index (Phi) is 32.5. The number of ether oxygens (including phenoxy) is 7. The average molecular weight is 1970 g/mol. The molecular weight excluding hydrogens is 1890 g/mol. The van der Waals surface area contributed by atoms with Gasteiger partial charge in [-0.05, 0) is 123 Å². The molecule has 0 bridgehead atoms. The van der Waals surface area contributed by atoms with E-state index in [1.165, 1.54) is 19.8 Å². The lowest BCUT2D eigenvalue weighted by atomic mass is 10.1. The maximum absolute atomic E-state index is 12.0. The Bertz CT molecular complexity index is 8620. The van der Waals surface area contributed by atoms with Gasteiger partial charge in [0.2, 0.25) is 0 Å². The number of para-hydroxylation sites is 7. The molecule has 736 valence electrons. The van der Waals surface area contributed by atoms with Crippen LogP contribution < -0.4 is 115 Å². The Balaban J connectivity index is 0.000000128. The highest BCUT2D eigenvalue weighted by atomic mass is 16.5. The summed E-state index contributed by atoms with van der Waals surface area (Å²) in [6, 6.07) is 47.2. The third kappa shape index (κ3) is 24.5. The number of urea groups is 5. The second-order valence-corrected chi connectivity index (χ2v) is 32.0. The Morgan fingerprint density at radius 3 is 0.801 bits per heavy atom. The number of hydrogen-bond acceptors (Lipinski definition) is 30. The lowest BCUT2D eigenvalue weighted by Crippen LogP contribution is -2.41. The van der Waals surface area contributed by atoms with Gasteiger partial charge in [0.1, 0.15) is 82.0 Å². The maximum Gasteiger partial charge on any atom is 0.370 e. The van der Waals surface area contributed by atoms with Gasteiger partial charge in [0.15, 0.2) is 89.0 Å². The quantitative estimate of drug-likeness (QED) is 0.0348. The molecule has 0 spiro atoms. The number of unbranched alkanes of at least 4 members (excludes halogenated alkanes) is 2. The zero-order valence-corrected chi connectivity index (χ0v) is 79.3. The normalized spacial score (nSPS) is 13.7. The van der Waals surface area contributed by atoms with Gasteiger partial charge in [-0.2, -0.15) is 59.9 Å². The second-order valence-electron chi connectivity index (χ2n) is 32.0. The highest BCUT2D eigenvalue weighted by molar-refractivity contribution is 6.72. The van der Waals surface area contributed by atoms with Gasteiger partial charge in [-0.25, -0.2) is 78.8 Å². The molecule has 5 N–H and O–H groups in total. The van der Waals surface area contributed by atoms with Gasteiger partial charge in [-0.1, -0.05) is 146 Å². The molecule has 7 aromatic carbocycles. The van der Waals surface area contributed by atoms with E-state index in [2.05, 4.69) is 167 Å². The summed E-state index contributed by atoms with van der Waals surface area (Å²) >= 11 is 0. The fourth-order valence-corrected chi connectivity index (χ4v) is 13.7. The number of nitrogens with one attached hydrogen (secondary N) is 5. The van der Waals surface area contributed by atoms with Gasteiger partial charge < -0.3 is 58.1 Å². The number of amides is 12. The fraction of sp³-hybridized carbons (Fsp3) is 0.222. The molecule has 9 aliphatic rings. The van der Waals surface area contributed by atoms with Crippen LogP contribution in [0.4, 0.5) is 24.0 Å². The largest absolute Gasteiger partial charge is 0.496 e. The minimum atomic E-state index is -0.717. The van der Waals surface area contributed by atoms with Crippen LogP contribution in [0.5, 0.6) is 40.2 Å². The van der Waals surface area contributed by atoms with E-state index < -0.39 is 69.8 Å². The lowest BCUT2D eigenvalue weighted by molar-refractivity contribution is -0.112. The number of carbonyl (C=O) groups is 7. The van der Waals surface area contributed by atoms with E-state index in [9.17, 15) is 57.5 Å². The zero-order chi connectivity index (χ0) is 103. The number of methoxy groups -OCH3 is 1. The molecule has 9 aliphatic heterocycles. The van der Waals surface area contributed by atoms with Gasteiger partial charge in [-0.3, -0.25) is 33.6 Å². The molecule has 0 saturated heterocycles. The monoisotopic (exact) mass is 1970 g/mol. The van der Waals surface area contributed by atoms with Crippen LogP contribution in [0, 0.1) is 11.8 Å². The second kappa shape index (κ2) is 47.0. The van der Waals surface area contributed by atoms with Crippen LogP contribution in [0.2, 0.25) is 0 Å². The minimum Gasteiger partial charge on any atom is -0.496 e. The van der Waals surface area contributed by atoms with Crippen LogP contribution in [0.15, 0.2) is 284 Å². The van der Waals surface area contributed by atoms with Crippen molar-refractivity contribution in [3.05, 3.63) is 287 Å². The molecule has 21 rings (SSSR count). The third-order valence-electron chi connectivity index (χ3n) is 20.4. The van der Waals surface area contributed by atoms with Gasteiger partial charge in [0, 0.05) is 0 Å². The van der Waals surface area contributed by atoms with Gasteiger partial charge in [0.25, 0.3) is 27.8 Å². The van der Waals surface area contributed by atoms with Crippen LogP contribution in [0.25, 0.3) is 56.9 Å². The Morgan fingerprint density at radius 2 is 0.521 bits per heavy atom. The fourth-order valence-electron chi connectivity index (χ4n) is 13.7. The third-order valence-corrected chi connectivity index (χ3v) is 20.4. The van der Waals surface area contributed by atoms with E-state index in [4.69, 9.17) is 33.2 Å². The van der Waals surface area contributed by atoms with E-state index >= 15 is 0 Å². The number of carbonyl (C=O) groups excluding carboxylic acids is 7. The summed E-state index contributed by atoms with van der Waals surface area (Å²) in [4.78, 5) is 241. The first-order valence-electron chi connectivity index (χ1n) is 45.4. The number of aromatic amines is 5. The first kappa shape index (κ1) is 101. The first-order chi connectivity index (χ1) is 70.7.